The smallest absolute Gasteiger partial charge is 0.291 e. The molecule has 0 bridgehead atoms. The summed E-state index contributed by atoms with van der Waals surface area (Å²) in [5.74, 6) is -0.0527. The van der Waals surface area contributed by atoms with Crippen LogP contribution in [0.3, 0.4) is 0 Å². The molecule has 0 aliphatic carbocycles. The number of nitrogens with zero attached hydrogens (tertiary/aromatic N) is 1. The first-order valence-electron chi connectivity index (χ1n) is 3.61. The Morgan fingerprint density at radius 3 is 2.60 bits per heavy atom. The molecule has 8 heteroatoms. The van der Waals surface area contributed by atoms with E-state index in [-0.39, 0.29) is 5.96 Å². The quantitative estimate of drug-likeness (QED) is 0.267. The van der Waals surface area contributed by atoms with E-state index < -0.39 is 5.09 Å². The Morgan fingerprint density at radius 2 is 2.20 bits per heavy atom. The molecule has 0 spiro atoms. The zero-order chi connectivity index (χ0) is 11.8. The predicted octanol–water partition coefficient (Wildman–Crippen LogP) is 1.41. The van der Waals surface area contributed by atoms with E-state index in [0.717, 1.165) is 10.2 Å². The van der Waals surface area contributed by atoms with Crippen LogP contribution in [-0.2, 0) is 0 Å². The molecule has 1 rings (SSSR count). The van der Waals surface area contributed by atoms with E-state index in [4.69, 9.17) is 26.5 Å². The highest BCUT2D eigenvalue weighted by Crippen LogP contribution is 2.14. The molecule has 0 amide bonds. The van der Waals surface area contributed by atoms with E-state index in [1.807, 2.05) is 24.3 Å². The number of halogens is 1. The van der Waals surface area contributed by atoms with Gasteiger partial charge in [0.1, 0.15) is 0 Å². The molecule has 0 saturated heterocycles. The molecule has 7 nitrogen and oxygen atoms in total. The van der Waals surface area contributed by atoms with Gasteiger partial charge in [0.15, 0.2) is 5.96 Å². The highest BCUT2D eigenvalue weighted by molar-refractivity contribution is 9.10. The molecule has 0 unspecified atom stereocenters. The molecule has 0 aliphatic rings. The lowest BCUT2D eigenvalue weighted by Gasteiger charge is -2.02. The average Bonchev–Trinajstić information content (AvgIpc) is 2.00. The van der Waals surface area contributed by atoms with E-state index >= 15 is 0 Å². The highest BCUT2D eigenvalue weighted by atomic mass is 79.9. The summed E-state index contributed by atoms with van der Waals surface area (Å²) in [6.07, 6.45) is 0. The van der Waals surface area contributed by atoms with Gasteiger partial charge in [-0.25, -0.2) is 0 Å². The summed E-state index contributed by atoms with van der Waals surface area (Å²) in [6, 6.07) is 7.47. The summed E-state index contributed by atoms with van der Waals surface area (Å²) in [6.45, 7) is 0. The number of hydrogen-bond donors (Lipinski definition) is 4. The summed E-state index contributed by atoms with van der Waals surface area (Å²) in [7, 11) is 0. The van der Waals surface area contributed by atoms with Crippen molar-refractivity contribution in [1.82, 2.24) is 0 Å². The van der Waals surface area contributed by atoms with Crippen LogP contribution in [0.2, 0.25) is 0 Å². The number of anilines is 1. The summed E-state index contributed by atoms with van der Waals surface area (Å²) < 4.78 is 0.962. The normalized spacial score (nSPS) is 8.33. The van der Waals surface area contributed by atoms with Gasteiger partial charge in [-0.3, -0.25) is 5.41 Å². The summed E-state index contributed by atoms with van der Waals surface area (Å²) >= 11 is 3.30. The predicted molar refractivity (Wildman–Crippen MR) is 58.5 cm³/mol. The first-order chi connectivity index (χ1) is 6.91. The second kappa shape index (κ2) is 6.60. The Bertz CT molecular complexity index is 354. The molecule has 0 aromatic heterocycles. The van der Waals surface area contributed by atoms with E-state index in [0.29, 0.717) is 0 Å². The highest BCUT2D eigenvalue weighted by Gasteiger charge is 1.92. The van der Waals surface area contributed by atoms with Gasteiger partial charge in [-0.05, 0) is 18.2 Å². The standard InChI is InChI=1S/C7H8BrN3.HNO3/c8-5-2-1-3-6(4-5)11-7(9)10;2-1(3)4/h1-4H,(H4,9,10,11);(H,2,3,4). The zero-order valence-electron chi connectivity index (χ0n) is 7.48. The Hall–Kier alpha value is -1.83. The maximum atomic E-state index is 8.36. The van der Waals surface area contributed by atoms with Crippen molar-refractivity contribution in [2.45, 2.75) is 0 Å². The Balaban J connectivity index is 0.000000423. The van der Waals surface area contributed by atoms with Crippen molar-refractivity contribution in [3.63, 3.8) is 0 Å². The fourth-order valence-corrected chi connectivity index (χ4v) is 1.12. The average molecular weight is 277 g/mol. The molecule has 82 valence electrons. The van der Waals surface area contributed by atoms with Gasteiger partial charge in [0.05, 0.1) is 0 Å². The monoisotopic (exact) mass is 276 g/mol. The van der Waals surface area contributed by atoms with Gasteiger partial charge in [-0.1, -0.05) is 22.0 Å². The molecule has 0 atom stereocenters. The van der Waals surface area contributed by atoms with E-state index in [9.17, 15) is 0 Å². The minimum Gasteiger partial charge on any atom is -0.370 e. The third-order valence-corrected chi connectivity index (χ3v) is 1.60. The minimum atomic E-state index is -1.50. The van der Waals surface area contributed by atoms with Gasteiger partial charge < -0.3 is 16.3 Å². The molecule has 0 fully saturated rings. The molecule has 5 N–H and O–H groups in total. The van der Waals surface area contributed by atoms with Gasteiger partial charge in [0.2, 0.25) is 0 Å². The van der Waals surface area contributed by atoms with Gasteiger partial charge in [-0.2, -0.15) is 0 Å². The maximum Gasteiger partial charge on any atom is 0.291 e. The Morgan fingerprint density at radius 1 is 1.67 bits per heavy atom. The molecule has 15 heavy (non-hydrogen) atoms. The summed E-state index contributed by atoms with van der Waals surface area (Å²) in [4.78, 5) is 8.36. The van der Waals surface area contributed by atoms with E-state index in [1.54, 1.807) is 0 Å². The van der Waals surface area contributed by atoms with Crippen LogP contribution < -0.4 is 11.1 Å². The molecule has 1 aromatic rings. The zero-order valence-corrected chi connectivity index (χ0v) is 9.06. The van der Waals surface area contributed by atoms with Gasteiger partial charge >= 0.3 is 0 Å². The van der Waals surface area contributed by atoms with Crippen LogP contribution in [-0.4, -0.2) is 16.3 Å². The van der Waals surface area contributed by atoms with Crippen LogP contribution in [0.1, 0.15) is 0 Å². The lowest BCUT2D eigenvalue weighted by Crippen LogP contribution is -2.20. The molecule has 0 aliphatic heterocycles. The third kappa shape index (κ3) is 8.50. The fraction of sp³-hybridized carbons (Fsp3) is 0. The van der Waals surface area contributed by atoms with Gasteiger partial charge in [0, 0.05) is 10.2 Å². The lowest BCUT2D eigenvalue weighted by molar-refractivity contribution is -0.742. The Kier molecular flexibility index (Phi) is 5.79. The number of benzene rings is 1. The van der Waals surface area contributed by atoms with Crippen LogP contribution in [0.5, 0.6) is 0 Å². The van der Waals surface area contributed by atoms with Crippen molar-refractivity contribution in [2.24, 2.45) is 5.73 Å². The minimum absolute atomic E-state index is 0.0527. The van der Waals surface area contributed by atoms with Gasteiger partial charge in [0.25, 0.3) is 5.09 Å². The van der Waals surface area contributed by atoms with Crippen molar-refractivity contribution in [3.05, 3.63) is 38.9 Å². The number of nitrogens with one attached hydrogen (secondary N) is 2. The number of hydrogen-bond acceptors (Lipinski definition) is 3. The van der Waals surface area contributed by atoms with Crippen molar-refractivity contribution >= 4 is 27.6 Å². The van der Waals surface area contributed by atoms with Crippen LogP contribution >= 0.6 is 15.9 Å². The summed E-state index contributed by atoms with van der Waals surface area (Å²) in [5, 5.41) is 23.3. The van der Waals surface area contributed by atoms with Crippen molar-refractivity contribution < 1.29 is 10.3 Å². The van der Waals surface area contributed by atoms with Crippen LogP contribution in [0.4, 0.5) is 5.69 Å². The molecular formula is C7H9BrN4O3. The lowest BCUT2D eigenvalue weighted by atomic mass is 10.3. The van der Waals surface area contributed by atoms with Gasteiger partial charge in [-0.15, -0.1) is 10.1 Å². The maximum absolute atomic E-state index is 8.36. The molecular weight excluding hydrogens is 268 g/mol. The number of guanidine groups is 1. The Labute approximate surface area is 93.6 Å². The molecule has 0 saturated carbocycles. The van der Waals surface area contributed by atoms with Crippen molar-refractivity contribution in [1.29, 1.82) is 5.41 Å². The number of rotatable bonds is 1. The second-order valence-corrected chi connectivity index (χ2v) is 3.20. The molecule has 0 radical (unpaired) electrons. The van der Waals surface area contributed by atoms with E-state index in [2.05, 4.69) is 21.2 Å². The van der Waals surface area contributed by atoms with Crippen molar-refractivity contribution in [2.75, 3.05) is 5.32 Å². The molecule has 0 heterocycles. The topological polar surface area (TPSA) is 125 Å². The number of nitrogens with two attached hydrogens (primary N) is 1. The van der Waals surface area contributed by atoms with Crippen LogP contribution in [0.25, 0.3) is 0 Å². The van der Waals surface area contributed by atoms with Crippen LogP contribution in [0, 0.1) is 15.5 Å². The van der Waals surface area contributed by atoms with Crippen molar-refractivity contribution in [3.8, 4) is 0 Å². The first kappa shape index (κ1) is 13.2. The first-order valence-corrected chi connectivity index (χ1v) is 4.41. The summed E-state index contributed by atoms with van der Waals surface area (Å²) in [5.41, 5.74) is 5.94. The third-order valence-electron chi connectivity index (χ3n) is 1.10. The van der Waals surface area contributed by atoms with Crippen LogP contribution in [0.15, 0.2) is 28.7 Å². The van der Waals surface area contributed by atoms with E-state index in [1.165, 1.54) is 0 Å². The SMILES string of the molecule is N=C(N)Nc1cccc(Br)c1.O=[N+]([O-])O. The largest absolute Gasteiger partial charge is 0.370 e. The molecule has 1 aromatic carbocycles. The second-order valence-electron chi connectivity index (χ2n) is 2.29. The fourth-order valence-electron chi connectivity index (χ4n) is 0.722.